The third-order valence-electron chi connectivity index (χ3n) is 2.79. The molecule has 1 atom stereocenters. The third kappa shape index (κ3) is 4.96. The molecule has 1 aromatic carbocycles. The van der Waals surface area contributed by atoms with Gasteiger partial charge in [0, 0.05) is 6.54 Å². The molecule has 0 aromatic heterocycles. The van der Waals surface area contributed by atoms with Crippen LogP contribution in [0.1, 0.15) is 32.3 Å². The lowest BCUT2D eigenvalue weighted by Gasteiger charge is -2.17. The van der Waals surface area contributed by atoms with Crippen LogP contribution in [0.25, 0.3) is 0 Å². The first-order valence-corrected chi connectivity index (χ1v) is 6.69. The summed E-state index contributed by atoms with van der Waals surface area (Å²) in [4.78, 5) is 0. The predicted molar refractivity (Wildman–Crippen MR) is 75.6 cm³/mol. The first-order valence-electron chi connectivity index (χ1n) is 6.69. The van der Waals surface area contributed by atoms with Crippen LogP contribution in [0.15, 0.2) is 18.2 Å². The molecule has 0 radical (unpaired) electrons. The number of methoxy groups -OCH3 is 1. The molecule has 0 aliphatic rings. The van der Waals surface area contributed by atoms with Gasteiger partial charge in [-0.2, -0.15) is 0 Å². The second-order valence-corrected chi connectivity index (χ2v) is 4.64. The maximum absolute atomic E-state index is 5.88. The molecule has 1 rings (SSSR count). The van der Waals surface area contributed by atoms with Crippen LogP contribution in [-0.4, -0.2) is 26.3 Å². The van der Waals surface area contributed by atoms with Gasteiger partial charge in [-0.25, -0.2) is 0 Å². The van der Waals surface area contributed by atoms with Gasteiger partial charge in [-0.3, -0.25) is 0 Å². The maximum Gasteiger partial charge on any atom is 0.161 e. The Morgan fingerprint density at radius 3 is 2.72 bits per heavy atom. The van der Waals surface area contributed by atoms with Crippen molar-refractivity contribution in [3.63, 3.8) is 0 Å². The molecule has 1 unspecified atom stereocenters. The van der Waals surface area contributed by atoms with Gasteiger partial charge in [0.15, 0.2) is 11.5 Å². The van der Waals surface area contributed by atoms with Crippen molar-refractivity contribution < 1.29 is 9.47 Å². The summed E-state index contributed by atoms with van der Waals surface area (Å²) < 4.78 is 11.2. The van der Waals surface area contributed by atoms with Crippen molar-refractivity contribution >= 4 is 0 Å². The number of unbranched alkanes of at least 4 members (excludes halogenated alkanes) is 1. The van der Waals surface area contributed by atoms with Gasteiger partial charge in [0.2, 0.25) is 0 Å². The Hall–Kier alpha value is -1.22. The summed E-state index contributed by atoms with van der Waals surface area (Å²) in [6, 6.07) is 6.00. The summed E-state index contributed by atoms with van der Waals surface area (Å²) in [5, 5.41) is 3.39. The largest absolute Gasteiger partial charge is 0.493 e. The quantitative estimate of drug-likeness (QED) is 0.720. The van der Waals surface area contributed by atoms with Gasteiger partial charge in [-0.1, -0.05) is 19.4 Å². The van der Waals surface area contributed by atoms with E-state index in [9.17, 15) is 0 Å². The van der Waals surface area contributed by atoms with Crippen molar-refractivity contribution in [2.45, 2.75) is 39.7 Å². The highest BCUT2D eigenvalue weighted by molar-refractivity contribution is 5.42. The highest BCUT2D eigenvalue weighted by Gasteiger charge is 2.08. The Morgan fingerprint density at radius 1 is 1.28 bits per heavy atom. The first kappa shape index (κ1) is 14.8. The van der Waals surface area contributed by atoms with Crippen LogP contribution in [0.5, 0.6) is 11.5 Å². The second-order valence-electron chi connectivity index (χ2n) is 4.64. The number of nitrogens with one attached hydrogen (secondary N) is 1. The summed E-state index contributed by atoms with van der Waals surface area (Å²) in [5.74, 6) is 1.61. The minimum Gasteiger partial charge on any atom is -0.493 e. The van der Waals surface area contributed by atoms with E-state index in [1.165, 1.54) is 18.4 Å². The minimum absolute atomic E-state index is 0.137. The first-order chi connectivity index (χ1) is 8.67. The Kier molecular flexibility index (Phi) is 6.58. The van der Waals surface area contributed by atoms with E-state index < -0.39 is 0 Å². The van der Waals surface area contributed by atoms with Gasteiger partial charge in [0.1, 0.15) is 6.10 Å². The van der Waals surface area contributed by atoms with Crippen molar-refractivity contribution in [2.75, 3.05) is 20.2 Å². The fourth-order valence-corrected chi connectivity index (χ4v) is 1.74. The lowest BCUT2D eigenvalue weighted by molar-refractivity contribution is 0.207. The molecule has 102 valence electrons. The van der Waals surface area contributed by atoms with E-state index in [1.54, 1.807) is 7.11 Å². The summed E-state index contributed by atoms with van der Waals surface area (Å²) in [5.41, 5.74) is 1.17. The Bertz CT molecular complexity index is 352. The van der Waals surface area contributed by atoms with Crippen LogP contribution in [0.3, 0.4) is 0 Å². The molecule has 0 heterocycles. The zero-order valence-electron chi connectivity index (χ0n) is 12.0. The molecule has 0 saturated carbocycles. The molecule has 1 aromatic rings. The normalized spacial score (nSPS) is 12.2. The summed E-state index contributed by atoms with van der Waals surface area (Å²) >= 11 is 0. The molecular weight excluding hydrogens is 226 g/mol. The number of rotatable bonds is 8. The van der Waals surface area contributed by atoms with Gasteiger partial charge in [-0.15, -0.1) is 0 Å². The fourth-order valence-electron chi connectivity index (χ4n) is 1.74. The highest BCUT2D eigenvalue weighted by Crippen LogP contribution is 2.28. The molecule has 0 fully saturated rings. The molecular formula is C15H25NO2. The van der Waals surface area contributed by atoms with Gasteiger partial charge in [0.25, 0.3) is 0 Å². The molecule has 0 saturated heterocycles. The van der Waals surface area contributed by atoms with E-state index in [2.05, 4.69) is 19.2 Å². The Labute approximate surface area is 110 Å². The molecule has 0 bridgehead atoms. The van der Waals surface area contributed by atoms with Crippen molar-refractivity contribution in [1.29, 1.82) is 0 Å². The number of hydrogen-bond donors (Lipinski definition) is 1. The van der Waals surface area contributed by atoms with Crippen LogP contribution in [0.2, 0.25) is 0 Å². The molecule has 18 heavy (non-hydrogen) atoms. The lowest BCUT2D eigenvalue weighted by atomic mass is 10.2. The Balaban J connectivity index is 2.45. The van der Waals surface area contributed by atoms with Crippen LogP contribution in [0, 0.1) is 6.92 Å². The average molecular weight is 251 g/mol. The number of hydrogen-bond acceptors (Lipinski definition) is 3. The van der Waals surface area contributed by atoms with E-state index >= 15 is 0 Å². The van der Waals surface area contributed by atoms with Crippen LogP contribution >= 0.6 is 0 Å². The van der Waals surface area contributed by atoms with E-state index in [1.807, 2.05) is 25.1 Å². The zero-order valence-corrected chi connectivity index (χ0v) is 12.0. The van der Waals surface area contributed by atoms with Gasteiger partial charge in [0.05, 0.1) is 7.11 Å². The smallest absolute Gasteiger partial charge is 0.161 e. The Morgan fingerprint density at radius 2 is 2.06 bits per heavy atom. The molecule has 1 N–H and O–H groups in total. The molecule has 3 heteroatoms. The third-order valence-corrected chi connectivity index (χ3v) is 2.79. The van der Waals surface area contributed by atoms with Crippen LogP contribution in [0.4, 0.5) is 0 Å². The van der Waals surface area contributed by atoms with E-state index in [0.29, 0.717) is 0 Å². The van der Waals surface area contributed by atoms with Crippen molar-refractivity contribution in [3.8, 4) is 11.5 Å². The van der Waals surface area contributed by atoms with Crippen molar-refractivity contribution in [2.24, 2.45) is 0 Å². The minimum atomic E-state index is 0.137. The van der Waals surface area contributed by atoms with E-state index in [0.717, 1.165) is 24.6 Å². The zero-order chi connectivity index (χ0) is 13.4. The van der Waals surface area contributed by atoms with Gasteiger partial charge in [-0.05, 0) is 44.5 Å². The van der Waals surface area contributed by atoms with Gasteiger partial charge >= 0.3 is 0 Å². The highest BCUT2D eigenvalue weighted by atomic mass is 16.5. The van der Waals surface area contributed by atoms with Crippen molar-refractivity contribution in [1.82, 2.24) is 5.32 Å². The summed E-state index contributed by atoms with van der Waals surface area (Å²) in [6.45, 7) is 8.21. The van der Waals surface area contributed by atoms with Crippen LogP contribution < -0.4 is 14.8 Å². The molecule has 0 amide bonds. The van der Waals surface area contributed by atoms with Crippen molar-refractivity contribution in [3.05, 3.63) is 23.8 Å². The molecule has 0 aliphatic heterocycles. The second kappa shape index (κ2) is 7.98. The number of ether oxygens (including phenoxy) is 2. The molecule has 0 aliphatic carbocycles. The lowest BCUT2D eigenvalue weighted by Crippen LogP contribution is -2.29. The molecule has 3 nitrogen and oxygen atoms in total. The average Bonchev–Trinajstić information content (AvgIpc) is 2.37. The van der Waals surface area contributed by atoms with Gasteiger partial charge < -0.3 is 14.8 Å². The van der Waals surface area contributed by atoms with E-state index in [4.69, 9.17) is 9.47 Å². The number of benzene rings is 1. The standard InChI is InChI=1S/C15H25NO2/c1-5-6-9-16-11-13(3)18-14-8-7-12(2)10-15(14)17-4/h7-8,10,13,16H,5-6,9,11H2,1-4H3. The SMILES string of the molecule is CCCCNCC(C)Oc1ccc(C)cc1OC. The summed E-state index contributed by atoms with van der Waals surface area (Å²) in [7, 11) is 1.67. The molecule has 0 spiro atoms. The van der Waals surface area contributed by atoms with Crippen LogP contribution in [-0.2, 0) is 0 Å². The topological polar surface area (TPSA) is 30.5 Å². The predicted octanol–water partition coefficient (Wildman–Crippen LogP) is 3.16. The maximum atomic E-state index is 5.88. The fraction of sp³-hybridized carbons (Fsp3) is 0.600. The van der Waals surface area contributed by atoms with E-state index in [-0.39, 0.29) is 6.10 Å². The summed E-state index contributed by atoms with van der Waals surface area (Å²) in [6.07, 6.45) is 2.56. The number of aryl methyl sites for hydroxylation is 1. The monoisotopic (exact) mass is 251 g/mol.